The lowest BCUT2D eigenvalue weighted by atomic mass is 9.82. The Bertz CT molecular complexity index is 990. The standard InChI is InChI=1S/C21H16N2O3/c24-21(16-10-5-2-6-11-16)20-19(15-8-3-1-4-9-15)18(23(25)26)14-17-12-7-13-22(17)20/h1-14,19-20H. The first-order chi connectivity index (χ1) is 12.7. The number of Topliss-reactive ketones (excluding diaryl/α,β-unsaturated/α-hetero) is 1. The molecule has 0 bridgehead atoms. The quantitative estimate of drug-likeness (QED) is 0.402. The van der Waals surface area contributed by atoms with E-state index in [9.17, 15) is 14.9 Å². The summed E-state index contributed by atoms with van der Waals surface area (Å²) in [5.41, 5.74) is 2.00. The molecule has 0 fully saturated rings. The molecule has 0 aliphatic carbocycles. The third kappa shape index (κ3) is 2.63. The highest BCUT2D eigenvalue weighted by Crippen LogP contribution is 2.42. The van der Waals surface area contributed by atoms with Crippen LogP contribution in [0.15, 0.2) is 84.7 Å². The lowest BCUT2D eigenvalue weighted by Gasteiger charge is -2.30. The van der Waals surface area contributed by atoms with Crippen molar-refractivity contribution < 1.29 is 9.72 Å². The summed E-state index contributed by atoms with van der Waals surface area (Å²) in [7, 11) is 0. The smallest absolute Gasteiger partial charge is 0.258 e. The number of carbonyl (C=O) groups is 1. The maximum atomic E-state index is 13.3. The lowest BCUT2D eigenvalue weighted by molar-refractivity contribution is -0.429. The Hall–Kier alpha value is -3.47. The molecular weight excluding hydrogens is 328 g/mol. The molecule has 0 spiro atoms. The van der Waals surface area contributed by atoms with Gasteiger partial charge in [-0.2, -0.15) is 0 Å². The molecule has 4 rings (SSSR count). The van der Waals surface area contributed by atoms with Crippen LogP contribution >= 0.6 is 0 Å². The van der Waals surface area contributed by atoms with Gasteiger partial charge in [-0.3, -0.25) is 14.9 Å². The van der Waals surface area contributed by atoms with Gasteiger partial charge in [0.2, 0.25) is 0 Å². The maximum absolute atomic E-state index is 13.3. The number of allylic oxidation sites excluding steroid dienone is 1. The van der Waals surface area contributed by atoms with E-state index < -0.39 is 12.0 Å². The van der Waals surface area contributed by atoms with E-state index in [1.54, 1.807) is 36.4 Å². The molecule has 26 heavy (non-hydrogen) atoms. The van der Waals surface area contributed by atoms with Crippen LogP contribution in [0.5, 0.6) is 0 Å². The molecular formula is C21H16N2O3. The number of hydrogen-bond acceptors (Lipinski definition) is 3. The maximum Gasteiger partial charge on any atom is 0.258 e. The van der Waals surface area contributed by atoms with Crippen molar-refractivity contribution in [2.45, 2.75) is 12.0 Å². The van der Waals surface area contributed by atoms with E-state index >= 15 is 0 Å². The minimum atomic E-state index is -0.699. The summed E-state index contributed by atoms with van der Waals surface area (Å²) in [6.45, 7) is 0. The largest absolute Gasteiger partial charge is 0.336 e. The van der Waals surface area contributed by atoms with Crippen LogP contribution in [0.3, 0.4) is 0 Å². The van der Waals surface area contributed by atoms with Crippen molar-refractivity contribution in [1.82, 2.24) is 4.57 Å². The fourth-order valence-electron chi connectivity index (χ4n) is 3.58. The fourth-order valence-corrected chi connectivity index (χ4v) is 3.58. The molecule has 5 nitrogen and oxygen atoms in total. The zero-order valence-electron chi connectivity index (χ0n) is 13.9. The van der Waals surface area contributed by atoms with E-state index in [1.165, 1.54) is 0 Å². The first kappa shape index (κ1) is 16.0. The van der Waals surface area contributed by atoms with Crippen molar-refractivity contribution in [3.05, 3.63) is 112 Å². The molecule has 0 saturated carbocycles. The molecule has 5 heteroatoms. The van der Waals surface area contributed by atoms with E-state index in [-0.39, 0.29) is 16.4 Å². The second-order valence-corrected chi connectivity index (χ2v) is 6.23. The van der Waals surface area contributed by atoms with Crippen molar-refractivity contribution in [2.24, 2.45) is 0 Å². The third-order valence-electron chi connectivity index (χ3n) is 4.74. The Balaban J connectivity index is 1.92. The highest BCUT2D eigenvalue weighted by atomic mass is 16.6. The van der Waals surface area contributed by atoms with Crippen LogP contribution in [0, 0.1) is 10.1 Å². The van der Waals surface area contributed by atoms with E-state index in [4.69, 9.17) is 0 Å². The van der Waals surface area contributed by atoms with Crippen molar-refractivity contribution in [1.29, 1.82) is 0 Å². The van der Waals surface area contributed by atoms with Gasteiger partial charge in [0.1, 0.15) is 12.0 Å². The molecule has 0 amide bonds. The predicted octanol–water partition coefficient (Wildman–Crippen LogP) is 4.33. The molecule has 0 N–H and O–H groups in total. The van der Waals surface area contributed by atoms with Crippen molar-refractivity contribution in [2.75, 3.05) is 0 Å². The average molecular weight is 344 g/mol. The summed E-state index contributed by atoms with van der Waals surface area (Å²) in [5, 5.41) is 11.8. The Labute approximate surface area is 150 Å². The third-order valence-corrected chi connectivity index (χ3v) is 4.74. The van der Waals surface area contributed by atoms with E-state index in [2.05, 4.69) is 0 Å². The van der Waals surface area contributed by atoms with Crippen LogP contribution in [0.25, 0.3) is 6.08 Å². The van der Waals surface area contributed by atoms with Crippen molar-refractivity contribution in [3.8, 4) is 0 Å². The molecule has 1 aliphatic rings. The highest BCUT2D eigenvalue weighted by molar-refractivity contribution is 6.00. The molecule has 2 aromatic carbocycles. The number of hydrogen-bond donors (Lipinski definition) is 0. The topological polar surface area (TPSA) is 65.1 Å². The van der Waals surface area contributed by atoms with Crippen LogP contribution in [0.4, 0.5) is 0 Å². The van der Waals surface area contributed by atoms with Gasteiger partial charge in [0.05, 0.1) is 4.92 Å². The number of rotatable bonds is 4. The SMILES string of the molecule is O=C(c1ccccc1)C1C(c2ccccc2)C([N+](=O)[O-])=Cc2cccn21. The van der Waals surface area contributed by atoms with Gasteiger partial charge in [-0.15, -0.1) is 0 Å². The van der Waals surface area contributed by atoms with Gasteiger partial charge in [-0.1, -0.05) is 60.7 Å². The summed E-state index contributed by atoms with van der Waals surface area (Å²) < 4.78 is 1.83. The summed E-state index contributed by atoms with van der Waals surface area (Å²) in [6, 6.07) is 21.0. The molecule has 0 radical (unpaired) electrons. The summed E-state index contributed by atoms with van der Waals surface area (Å²) in [4.78, 5) is 24.8. The predicted molar refractivity (Wildman–Crippen MR) is 98.4 cm³/mol. The molecule has 2 heterocycles. The molecule has 3 aromatic rings. The molecule has 1 aliphatic heterocycles. The summed E-state index contributed by atoms with van der Waals surface area (Å²) in [5.74, 6) is -0.789. The van der Waals surface area contributed by atoms with E-state index in [0.29, 0.717) is 11.3 Å². The number of nitro groups is 1. The number of ketones is 1. The van der Waals surface area contributed by atoms with E-state index in [1.807, 2.05) is 53.2 Å². The van der Waals surface area contributed by atoms with Crippen LogP contribution in [-0.4, -0.2) is 15.3 Å². The number of aromatic nitrogens is 1. The minimum Gasteiger partial charge on any atom is -0.336 e. The van der Waals surface area contributed by atoms with Gasteiger partial charge in [-0.25, -0.2) is 0 Å². The van der Waals surface area contributed by atoms with Gasteiger partial charge in [0.25, 0.3) is 5.70 Å². The van der Waals surface area contributed by atoms with E-state index in [0.717, 1.165) is 5.56 Å². The molecule has 128 valence electrons. The van der Waals surface area contributed by atoms with Crippen molar-refractivity contribution in [3.63, 3.8) is 0 Å². The van der Waals surface area contributed by atoms with Gasteiger partial charge < -0.3 is 4.57 Å². The minimum absolute atomic E-state index is 0.0386. The fraction of sp³-hybridized carbons (Fsp3) is 0.0952. The monoisotopic (exact) mass is 344 g/mol. The second-order valence-electron chi connectivity index (χ2n) is 6.23. The van der Waals surface area contributed by atoms with Gasteiger partial charge in [0, 0.05) is 23.5 Å². The number of nitrogens with zero attached hydrogens (tertiary/aromatic N) is 2. The highest BCUT2D eigenvalue weighted by Gasteiger charge is 2.43. The Morgan fingerprint density at radius 1 is 0.923 bits per heavy atom. The van der Waals surface area contributed by atoms with Gasteiger partial charge in [-0.05, 0) is 17.7 Å². The Morgan fingerprint density at radius 3 is 2.23 bits per heavy atom. The molecule has 0 saturated heterocycles. The average Bonchev–Trinajstić information content (AvgIpc) is 3.15. The van der Waals surface area contributed by atoms with Crippen LogP contribution < -0.4 is 0 Å². The Kier molecular flexibility index (Phi) is 3.97. The summed E-state index contributed by atoms with van der Waals surface area (Å²) >= 11 is 0. The number of fused-ring (bicyclic) bond motifs is 1. The van der Waals surface area contributed by atoms with Crippen LogP contribution in [-0.2, 0) is 0 Å². The first-order valence-electron chi connectivity index (χ1n) is 8.34. The normalized spacial score (nSPS) is 18.7. The Morgan fingerprint density at radius 2 is 1.58 bits per heavy atom. The zero-order chi connectivity index (χ0) is 18.1. The van der Waals surface area contributed by atoms with Crippen LogP contribution in [0.1, 0.15) is 33.6 Å². The second kappa shape index (κ2) is 6.44. The number of benzene rings is 2. The zero-order valence-corrected chi connectivity index (χ0v) is 13.9. The van der Waals surface area contributed by atoms with Gasteiger partial charge >= 0.3 is 0 Å². The molecule has 2 unspecified atom stereocenters. The first-order valence-corrected chi connectivity index (χ1v) is 8.34. The number of carbonyl (C=O) groups excluding carboxylic acids is 1. The molecule has 1 aromatic heterocycles. The van der Waals surface area contributed by atoms with Gasteiger partial charge in [0.15, 0.2) is 5.78 Å². The summed E-state index contributed by atoms with van der Waals surface area (Å²) in [6.07, 6.45) is 3.37. The molecule has 2 atom stereocenters. The van der Waals surface area contributed by atoms with Crippen molar-refractivity contribution >= 4 is 11.9 Å². The lowest BCUT2D eigenvalue weighted by Crippen LogP contribution is -2.32. The van der Waals surface area contributed by atoms with Crippen LogP contribution in [0.2, 0.25) is 0 Å².